The minimum absolute atomic E-state index is 0.251. The van der Waals surface area contributed by atoms with E-state index in [1.165, 1.54) is 48.8 Å². The van der Waals surface area contributed by atoms with Gasteiger partial charge in [-0.3, -0.25) is 9.36 Å². The molecular formula is C50H32N2O. The minimum Gasteiger partial charge on any atom is -0.294 e. The largest absolute Gasteiger partial charge is 0.294 e. The summed E-state index contributed by atoms with van der Waals surface area (Å²) in [6.07, 6.45) is 1.41. The van der Waals surface area contributed by atoms with Gasteiger partial charge in [-0.15, -0.1) is 0 Å². The molecule has 3 heteroatoms. The second kappa shape index (κ2) is 11.6. The summed E-state index contributed by atoms with van der Waals surface area (Å²) in [5.74, 6) is 1.17. The maximum absolute atomic E-state index is 12.5. The lowest BCUT2D eigenvalue weighted by Crippen LogP contribution is -1.98. The Morgan fingerprint density at radius 2 is 0.925 bits per heavy atom. The number of aromatic nitrogens is 2. The van der Waals surface area contributed by atoms with Crippen molar-refractivity contribution >= 4 is 59.9 Å². The lowest BCUT2D eigenvalue weighted by Gasteiger charge is -2.18. The number of aryl methyl sites for hydroxylation is 1. The Morgan fingerprint density at radius 1 is 0.434 bits per heavy atom. The zero-order valence-electron chi connectivity index (χ0n) is 28.9. The number of carbonyl (C=O) groups is 1. The second-order valence-corrected chi connectivity index (χ2v) is 14.1. The molecule has 53 heavy (non-hydrogen) atoms. The molecule has 0 radical (unpaired) electrons. The molecule has 10 aromatic rings. The first kappa shape index (κ1) is 29.8. The van der Waals surface area contributed by atoms with Crippen LogP contribution in [0.1, 0.15) is 22.3 Å². The van der Waals surface area contributed by atoms with Crippen LogP contribution in [0.3, 0.4) is 0 Å². The summed E-state index contributed by atoms with van der Waals surface area (Å²) >= 11 is 0. The van der Waals surface area contributed by atoms with Crippen LogP contribution in [0.2, 0.25) is 0 Å². The van der Waals surface area contributed by atoms with Crippen LogP contribution >= 0.6 is 0 Å². The van der Waals surface area contributed by atoms with E-state index < -0.39 is 0 Å². The van der Waals surface area contributed by atoms with Gasteiger partial charge in [-0.1, -0.05) is 158 Å². The van der Waals surface area contributed by atoms with Crippen molar-refractivity contribution in [3.8, 4) is 39.3 Å². The van der Waals surface area contributed by atoms with E-state index in [1.807, 2.05) is 6.07 Å². The van der Waals surface area contributed by atoms with Crippen LogP contribution in [0, 0.1) is 0 Å². The Kier molecular flexibility index (Phi) is 6.53. The molecular weight excluding hydrogens is 645 g/mol. The van der Waals surface area contributed by atoms with Crippen molar-refractivity contribution in [1.29, 1.82) is 0 Å². The third-order valence-corrected chi connectivity index (χ3v) is 11.2. The smallest absolute Gasteiger partial charge is 0.163 e. The number of para-hydroxylation sites is 1. The second-order valence-electron chi connectivity index (χ2n) is 14.1. The Morgan fingerprint density at radius 3 is 1.57 bits per heavy atom. The van der Waals surface area contributed by atoms with Gasteiger partial charge in [-0.2, -0.15) is 0 Å². The molecule has 1 aliphatic rings. The first-order valence-corrected chi connectivity index (χ1v) is 18.3. The van der Waals surface area contributed by atoms with Gasteiger partial charge in [0, 0.05) is 34.0 Å². The minimum atomic E-state index is 0.251. The van der Waals surface area contributed by atoms with Crippen LogP contribution in [-0.2, 0) is 6.42 Å². The highest BCUT2D eigenvalue weighted by Crippen LogP contribution is 2.45. The number of hydrogen-bond donors (Lipinski definition) is 0. The number of hydrogen-bond acceptors (Lipinski definition) is 2. The quantitative estimate of drug-likeness (QED) is 0.137. The first-order valence-electron chi connectivity index (χ1n) is 18.3. The molecule has 0 aliphatic heterocycles. The van der Waals surface area contributed by atoms with E-state index in [4.69, 9.17) is 4.98 Å². The van der Waals surface area contributed by atoms with Crippen LogP contribution in [0.4, 0.5) is 0 Å². The SMILES string of the molecule is O=C1CCc2cc(-c3c4ccccc4c(-c4ccc(-c5nc6c7ccccc7c7ccccc7c6n5-c5ccccc5)cc4)c4ccccc34)ccc21. The van der Waals surface area contributed by atoms with Crippen LogP contribution in [-0.4, -0.2) is 15.3 Å². The molecule has 0 saturated heterocycles. The van der Waals surface area contributed by atoms with Crippen molar-refractivity contribution < 1.29 is 4.79 Å². The molecule has 0 fully saturated rings. The van der Waals surface area contributed by atoms with Gasteiger partial charge >= 0.3 is 0 Å². The van der Waals surface area contributed by atoms with Crippen molar-refractivity contribution in [3.63, 3.8) is 0 Å². The molecule has 0 amide bonds. The fourth-order valence-electron chi connectivity index (χ4n) is 8.87. The van der Waals surface area contributed by atoms with E-state index in [2.05, 4.69) is 168 Å². The number of rotatable bonds is 4. The van der Waals surface area contributed by atoms with E-state index >= 15 is 0 Å². The van der Waals surface area contributed by atoms with E-state index in [0.717, 1.165) is 62.2 Å². The van der Waals surface area contributed by atoms with E-state index in [-0.39, 0.29) is 5.78 Å². The summed E-state index contributed by atoms with van der Waals surface area (Å²) in [7, 11) is 0. The molecule has 1 heterocycles. The predicted molar refractivity (Wildman–Crippen MR) is 220 cm³/mol. The summed E-state index contributed by atoms with van der Waals surface area (Å²) in [6.45, 7) is 0. The first-order chi connectivity index (χ1) is 26.2. The molecule has 11 rings (SSSR count). The molecule has 0 bridgehead atoms. The summed E-state index contributed by atoms with van der Waals surface area (Å²) in [6, 6.07) is 60.8. The fraction of sp³-hybridized carbons (Fsp3) is 0.0400. The molecule has 0 N–H and O–H groups in total. The van der Waals surface area contributed by atoms with Gasteiger partial charge in [-0.25, -0.2) is 4.98 Å². The highest BCUT2D eigenvalue weighted by Gasteiger charge is 2.23. The number of Topliss-reactive ketones (excluding diaryl/α,β-unsaturated/α-hetero) is 1. The van der Waals surface area contributed by atoms with Crippen LogP contribution < -0.4 is 0 Å². The lowest BCUT2D eigenvalue weighted by molar-refractivity contribution is 0.0994. The average molecular weight is 677 g/mol. The molecule has 1 aromatic heterocycles. The highest BCUT2D eigenvalue weighted by atomic mass is 16.1. The molecule has 0 atom stereocenters. The molecule has 248 valence electrons. The van der Waals surface area contributed by atoms with Crippen LogP contribution in [0.25, 0.3) is 93.5 Å². The number of imidazole rings is 1. The van der Waals surface area contributed by atoms with Gasteiger partial charge in [-0.05, 0) is 78.7 Å². The molecule has 0 unspecified atom stereocenters. The summed E-state index contributed by atoms with van der Waals surface area (Å²) in [5, 5.41) is 9.62. The van der Waals surface area contributed by atoms with Gasteiger partial charge in [0.15, 0.2) is 5.78 Å². The molecule has 0 spiro atoms. The topological polar surface area (TPSA) is 34.9 Å². The van der Waals surface area contributed by atoms with E-state index in [1.54, 1.807) is 0 Å². The maximum atomic E-state index is 12.5. The third kappa shape index (κ3) is 4.47. The highest BCUT2D eigenvalue weighted by molar-refractivity contribution is 6.24. The Hall–Kier alpha value is -6.84. The number of benzene rings is 9. The van der Waals surface area contributed by atoms with Crippen molar-refractivity contribution in [2.24, 2.45) is 0 Å². The molecule has 3 nitrogen and oxygen atoms in total. The summed E-state index contributed by atoms with van der Waals surface area (Å²) < 4.78 is 2.34. The predicted octanol–water partition coefficient (Wildman–Crippen LogP) is 12.8. The number of carbonyl (C=O) groups excluding carboxylic acids is 1. The van der Waals surface area contributed by atoms with Crippen LogP contribution in [0.15, 0.2) is 170 Å². The maximum Gasteiger partial charge on any atom is 0.163 e. The monoisotopic (exact) mass is 676 g/mol. The van der Waals surface area contributed by atoms with Crippen LogP contribution in [0.5, 0.6) is 0 Å². The van der Waals surface area contributed by atoms with Crippen molar-refractivity contribution in [2.45, 2.75) is 12.8 Å². The Labute approximate surface area is 306 Å². The molecule has 9 aromatic carbocycles. The van der Waals surface area contributed by atoms with Crippen molar-refractivity contribution in [2.75, 3.05) is 0 Å². The standard InChI is InChI=1S/C50H32N2O/c53-45-29-27-33-30-34(26-28-36(33)45)47-41-18-8-6-16-39(41)46(40-17-7-9-19-42(40)47)31-22-24-32(25-23-31)50-51-48-43-20-10-4-14-37(43)38-15-5-11-21-44(38)49(48)52(50)35-12-2-1-3-13-35/h1-26,28,30H,27,29H2. The number of fused-ring (bicyclic) bond motifs is 9. The lowest BCUT2D eigenvalue weighted by atomic mass is 9.85. The summed E-state index contributed by atoms with van der Waals surface area (Å²) in [5.41, 5.74) is 11.0. The normalized spacial score (nSPS) is 12.8. The zero-order valence-corrected chi connectivity index (χ0v) is 28.9. The number of nitrogens with zero attached hydrogens (tertiary/aromatic N) is 2. The number of ketones is 1. The summed E-state index contributed by atoms with van der Waals surface area (Å²) in [4.78, 5) is 17.9. The van der Waals surface area contributed by atoms with Gasteiger partial charge < -0.3 is 0 Å². The van der Waals surface area contributed by atoms with Gasteiger partial charge in [0.2, 0.25) is 0 Å². The average Bonchev–Trinajstić information content (AvgIpc) is 3.81. The van der Waals surface area contributed by atoms with Gasteiger partial charge in [0.25, 0.3) is 0 Å². The van der Waals surface area contributed by atoms with Gasteiger partial charge in [0.05, 0.1) is 11.0 Å². The fourth-order valence-corrected chi connectivity index (χ4v) is 8.87. The van der Waals surface area contributed by atoms with Crippen molar-refractivity contribution in [3.05, 3.63) is 181 Å². The van der Waals surface area contributed by atoms with Crippen molar-refractivity contribution in [1.82, 2.24) is 9.55 Å². The Bertz CT molecular complexity index is 3060. The zero-order chi connectivity index (χ0) is 35.0. The third-order valence-electron chi connectivity index (χ3n) is 11.2. The van der Waals surface area contributed by atoms with E-state index in [0.29, 0.717) is 6.42 Å². The Balaban J connectivity index is 1.14. The molecule has 0 saturated carbocycles. The van der Waals surface area contributed by atoms with E-state index in [9.17, 15) is 4.79 Å². The van der Waals surface area contributed by atoms with Gasteiger partial charge in [0.1, 0.15) is 5.82 Å². The molecule has 1 aliphatic carbocycles.